The zero-order valence-electron chi connectivity index (χ0n) is 17.8. The van der Waals surface area contributed by atoms with Crippen molar-refractivity contribution in [3.8, 4) is 22.4 Å². The summed E-state index contributed by atoms with van der Waals surface area (Å²) < 4.78 is 39.6. The molecule has 0 saturated carbocycles. The van der Waals surface area contributed by atoms with Crippen molar-refractivity contribution in [3.05, 3.63) is 84.3 Å². The molecule has 3 aromatic heterocycles. The van der Waals surface area contributed by atoms with Gasteiger partial charge in [-0.1, -0.05) is 12.1 Å². The zero-order chi connectivity index (χ0) is 23.7. The normalized spacial score (nSPS) is 16.1. The molecule has 10 heteroatoms. The van der Waals surface area contributed by atoms with E-state index in [0.29, 0.717) is 41.0 Å². The number of amides is 1. The molecule has 172 valence electrons. The first-order valence-electron chi connectivity index (χ1n) is 10.6. The summed E-state index contributed by atoms with van der Waals surface area (Å²) in [5.74, 6) is -0.199. The molecule has 1 aromatic carbocycles. The lowest BCUT2D eigenvalue weighted by atomic mass is 9.99. The van der Waals surface area contributed by atoms with E-state index < -0.39 is 11.7 Å². The van der Waals surface area contributed by atoms with Crippen LogP contribution in [0.25, 0.3) is 22.4 Å². The van der Waals surface area contributed by atoms with Gasteiger partial charge in [-0.05, 0) is 42.7 Å². The Kier molecular flexibility index (Phi) is 5.56. The van der Waals surface area contributed by atoms with E-state index in [4.69, 9.17) is 0 Å². The van der Waals surface area contributed by atoms with Crippen LogP contribution in [0.3, 0.4) is 0 Å². The van der Waals surface area contributed by atoms with Gasteiger partial charge in [0.05, 0.1) is 34.8 Å². The molecule has 1 N–H and O–H groups in total. The molecule has 4 heterocycles. The summed E-state index contributed by atoms with van der Waals surface area (Å²) in [7, 11) is 0. The van der Waals surface area contributed by atoms with Gasteiger partial charge in [-0.2, -0.15) is 18.3 Å². The summed E-state index contributed by atoms with van der Waals surface area (Å²) in [4.78, 5) is 27.3. The number of nitrogens with one attached hydrogen (secondary N) is 1. The molecule has 5 rings (SSSR count). The Labute approximate surface area is 192 Å². The van der Waals surface area contributed by atoms with Crippen LogP contribution in [-0.4, -0.2) is 42.5 Å². The van der Waals surface area contributed by atoms with E-state index in [-0.39, 0.29) is 11.9 Å². The summed E-state index contributed by atoms with van der Waals surface area (Å²) in [5.41, 5.74) is 2.65. The Hall–Kier alpha value is -4.08. The lowest BCUT2D eigenvalue weighted by molar-refractivity contribution is -0.137. The van der Waals surface area contributed by atoms with Gasteiger partial charge in [0.2, 0.25) is 0 Å². The van der Waals surface area contributed by atoms with E-state index in [0.717, 1.165) is 24.1 Å². The first-order chi connectivity index (χ1) is 16.4. The Morgan fingerprint density at radius 3 is 2.59 bits per heavy atom. The maximum absolute atomic E-state index is 13.3. The third-order valence-electron chi connectivity index (χ3n) is 5.88. The molecule has 34 heavy (non-hydrogen) atoms. The molecule has 1 aliphatic rings. The maximum atomic E-state index is 13.3. The molecule has 1 atom stereocenters. The van der Waals surface area contributed by atoms with Gasteiger partial charge in [-0.3, -0.25) is 14.9 Å². The fourth-order valence-corrected chi connectivity index (χ4v) is 4.24. The van der Waals surface area contributed by atoms with E-state index in [9.17, 15) is 18.0 Å². The summed E-state index contributed by atoms with van der Waals surface area (Å²) in [5, 5.41) is 6.99. The highest BCUT2D eigenvalue weighted by molar-refractivity contribution is 5.94. The average Bonchev–Trinajstić information content (AvgIpc) is 3.53. The Bertz CT molecular complexity index is 1300. The van der Waals surface area contributed by atoms with Gasteiger partial charge in [0.1, 0.15) is 6.33 Å². The van der Waals surface area contributed by atoms with Crippen molar-refractivity contribution < 1.29 is 18.0 Å². The molecule has 4 aromatic rings. The first-order valence-corrected chi connectivity index (χ1v) is 10.6. The molecule has 1 saturated heterocycles. The lowest BCUT2D eigenvalue weighted by Gasteiger charge is -2.25. The van der Waals surface area contributed by atoms with Crippen LogP contribution in [0.4, 0.5) is 13.2 Å². The second-order valence-corrected chi connectivity index (χ2v) is 7.99. The molecular weight excluding hydrogens is 445 g/mol. The zero-order valence-corrected chi connectivity index (χ0v) is 17.8. The monoisotopic (exact) mass is 464 g/mol. The van der Waals surface area contributed by atoms with Crippen molar-refractivity contribution in [3.63, 3.8) is 0 Å². The van der Waals surface area contributed by atoms with Crippen LogP contribution in [-0.2, 0) is 6.18 Å². The second-order valence-electron chi connectivity index (χ2n) is 7.99. The number of aromatic nitrogens is 5. The van der Waals surface area contributed by atoms with E-state index in [2.05, 4.69) is 25.1 Å². The molecule has 0 spiro atoms. The van der Waals surface area contributed by atoms with Gasteiger partial charge in [0.15, 0.2) is 0 Å². The minimum absolute atomic E-state index is 0.199. The van der Waals surface area contributed by atoms with Crippen molar-refractivity contribution in [2.75, 3.05) is 6.54 Å². The molecular formula is C24H19F3N6O. The number of alkyl halides is 3. The number of pyridine rings is 1. The molecule has 1 fully saturated rings. The largest absolute Gasteiger partial charge is 0.416 e. The fourth-order valence-electron chi connectivity index (χ4n) is 4.24. The summed E-state index contributed by atoms with van der Waals surface area (Å²) >= 11 is 0. The van der Waals surface area contributed by atoms with Crippen molar-refractivity contribution in [2.24, 2.45) is 0 Å². The molecule has 1 aliphatic heterocycles. The van der Waals surface area contributed by atoms with Gasteiger partial charge in [-0.25, -0.2) is 9.97 Å². The van der Waals surface area contributed by atoms with Crippen molar-refractivity contribution in [1.82, 2.24) is 30.0 Å². The summed E-state index contributed by atoms with van der Waals surface area (Å²) in [6.45, 7) is 0.527. The maximum Gasteiger partial charge on any atom is 0.416 e. The minimum Gasteiger partial charge on any atom is -0.330 e. The number of H-pyrrole nitrogens is 1. The number of hydrogen-bond acceptors (Lipinski definition) is 5. The molecule has 1 amide bonds. The topological polar surface area (TPSA) is 87.7 Å². The van der Waals surface area contributed by atoms with Crippen LogP contribution in [0.2, 0.25) is 0 Å². The summed E-state index contributed by atoms with van der Waals surface area (Å²) in [6.07, 6.45) is 4.72. The highest BCUT2D eigenvalue weighted by Crippen LogP contribution is 2.39. The third kappa shape index (κ3) is 4.14. The van der Waals surface area contributed by atoms with Crippen molar-refractivity contribution in [2.45, 2.75) is 25.1 Å². The standard InChI is InChI=1S/C24H19F3N6O/c25-24(26,27)18-4-1-3-15(9-18)19-13-31-32-22(19)21-5-2-8-33(21)23(34)16-6-7-20(30-12-16)17-10-28-14-29-11-17/h1,3-4,6-7,9-14,21H,2,5,8H2,(H,31,32)/t21-/m0/s1. The minimum atomic E-state index is -4.44. The third-order valence-corrected chi connectivity index (χ3v) is 5.88. The quantitative estimate of drug-likeness (QED) is 0.463. The van der Waals surface area contributed by atoms with Gasteiger partial charge in [0, 0.05) is 36.3 Å². The number of nitrogens with zero attached hydrogens (tertiary/aromatic N) is 5. The van der Waals surface area contributed by atoms with E-state index in [1.807, 2.05) is 0 Å². The van der Waals surface area contributed by atoms with Crippen LogP contribution in [0.5, 0.6) is 0 Å². The number of hydrogen-bond donors (Lipinski definition) is 1. The van der Waals surface area contributed by atoms with Crippen LogP contribution in [0, 0.1) is 0 Å². The van der Waals surface area contributed by atoms with E-state index in [1.165, 1.54) is 24.8 Å². The summed E-state index contributed by atoms with van der Waals surface area (Å²) in [6, 6.07) is 8.23. The van der Waals surface area contributed by atoms with E-state index >= 15 is 0 Å². The van der Waals surface area contributed by atoms with Crippen molar-refractivity contribution in [1.29, 1.82) is 0 Å². The Morgan fingerprint density at radius 1 is 1.03 bits per heavy atom. The molecule has 7 nitrogen and oxygen atoms in total. The van der Waals surface area contributed by atoms with Crippen LogP contribution >= 0.6 is 0 Å². The van der Waals surface area contributed by atoms with Gasteiger partial charge >= 0.3 is 6.18 Å². The Balaban J connectivity index is 1.42. The van der Waals surface area contributed by atoms with Gasteiger partial charge in [-0.15, -0.1) is 0 Å². The van der Waals surface area contributed by atoms with E-state index in [1.54, 1.807) is 35.5 Å². The number of carbonyl (C=O) groups excluding carboxylic acids is 1. The fraction of sp³-hybridized carbons (Fsp3) is 0.208. The number of likely N-dealkylation sites (tertiary alicyclic amines) is 1. The van der Waals surface area contributed by atoms with Crippen LogP contribution in [0.15, 0.2) is 67.5 Å². The van der Waals surface area contributed by atoms with Gasteiger partial charge < -0.3 is 4.90 Å². The highest BCUT2D eigenvalue weighted by Gasteiger charge is 2.34. The van der Waals surface area contributed by atoms with Crippen LogP contribution in [0.1, 0.15) is 40.5 Å². The Morgan fingerprint density at radius 2 is 1.85 bits per heavy atom. The highest BCUT2D eigenvalue weighted by atomic mass is 19.4. The predicted octanol–water partition coefficient (Wildman–Crippen LogP) is 4.92. The first kappa shape index (κ1) is 21.7. The SMILES string of the molecule is O=C(c1ccc(-c2cncnc2)nc1)N1CCC[C@H]1c1[nH]ncc1-c1cccc(C(F)(F)F)c1. The molecule has 0 bridgehead atoms. The lowest BCUT2D eigenvalue weighted by Crippen LogP contribution is -2.31. The second kappa shape index (κ2) is 8.69. The number of benzene rings is 1. The predicted molar refractivity (Wildman–Crippen MR) is 117 cm³/mol. The van der Waals surface area contributed by atoms with Gasteiger partial charge in [0.25, 0.3) is 5.91 Å². The van der Waals surface area contributed by atoms with Crippen molar-refractivity contribution >= 4 is 5.91 Å². The number of halogens is 3. The number of carbonyl (C=O) groups is 1. The number of aromatic amines is 1. The smallest absolute Gasteiger partial charge is 0.330 e. The average molecular weight is 464 g/mol. The molecule has 0 unspecified atom stereocenters. The number of rotatable bonds is 4. The molecule has 0 radical (unpaired) electrons. The molecule has 0 aliphatic carbocycles. The van der Waals surface area contributed by atoms with Crippen LogP contribution < -0.4 is 0 Å².